The molecular formula is C11H10Cl2N2O. The normalized spacial score (nSPS) is 10.7. The van der Waals surface area contributed by atoms with Crippen LogP contribution >= 0.6 is 23.2 Å². The summed E-state index contributed by atoms with van der Waals surface area (Å²) in [4.78, 5) is 4.22. The minimum Gasteiger partial charge on any atom is -0.339 e. The van der Waals surface area contributed by atoms with Gasteiger partial charge in [-0.1, -0.05) is 35.3 Å². The van der Waals surface area contributed by atoms with E-state index < -0.39 is 0 Å². The van der Waals surface area contributed by atoms with Crippen molar-refractivity contribution in [2.24, 2.45) is 0 Å². The van der Waals surface area contributed by atoms with Gasteiger partial charge in [0.1, 0.15) is 0 Å². The second-order valence-electron chi connectivity index (χ2n) is 3.41. The van der Waals surface area contributed by atoms with E-state index >= 15 is 0 Å². The fraction of sp³-hybridized carbons (Fsp3) is 0.273. The van der Waals surface area contributed by atoms with E-state index in [9.17, 15) is 0 Å². The maximum Gasteiger partial charge on any atom is 0.226 e. The van der Waals surface area contributed by atoms with E-state index in [4.69, 9.17) is 27.7 Å². The number of benzene rings is 1. The first-order valence-corrected chi connectivity index (χ1v) is 5.69. The largest absolute Gasteiger partial charge is 0.339 e. The fourth-order valence-electron chi connectivity index (χ4n) is 1.40. The van der Waals surface area contributed by atoms with Gasteiger partial charge in [-0.2, -0.15) is 4.98 Å². The average Bonchev–Trinajstić information content (AvgIpc) is 2.64. The highest BCUT2D eigenvalue weighted by atomic mass is 35.5. The summed E-state index contributed by atoms with van der Waals surface area (Å²) in [5.74, 6) is 1.29. The molecular weight excluding hydrogens is 247 g/mol. The van der Waals surface area contributed by atoms with Gasteiger partial charge in [0.05, 0.1) is 0 Å². The Hall–Kier alpha value is -1.06. The topological polar surface area (TPSA) is 38.9 Å². The first-order chi connectivity index (χ1) is 7.67. The number of hydrogen-bond donors (Lipinski definition) is 0. The van der Waals surface area contributed by atoms with E-state index in [0.717, 1.165) is 12.0 Å². The highest BCUT2D eigenvalue weighted by Crippen LogP contribution is 2.20. The van der Waals surface area contributed by atoms with Gasteiger partial charge in [0.15, 0.2) is 5.82 Å². The zero-order chi connectivity index (χ0) is 11.5. The predicted molar refractivity (Wildman–Crippen MR) is 62.9 cm³/mol. The van der Waals surface area contributed by atoms with Crippen molar-refractivity contribution in [3.8, 4) is 0 Å². The molecule has 0 amide bonds. The zero-order valence-corrected chi connectivity index (χ0v) is 10.2. The first kappa shape index (κ1) is 11.4. The SMILES string of the molecule is CCc1nc(Cc2cc(Cl)cc(Cl)c2)no1. The Balaban J connectivity index is 2.19. The van der Waals surface area contributed by atoms with Gasteiger partial charge in [-0.3, -0.25) is 0 Å². The molecule has 5 heteroatoms. The summed E-state index contributed by atoms with van der Waals surface area (Å²) < 4.78 is 5.02. The van der Waals surface area contributed by atoms with Crippen LogP contribution in [0.2, 0.25) is 10.0 Å². The Morgan fingerprint density at radius 2 is 1.88 bits per heavy atom. The molecule has 84 valence electrons. The van der Waals surface area contributed by atoms with E-state index in [0.29, 0.717) is 28.2 Å². The Kier molecular flexibility index (Phi) is 3.46. The molecule has 0 N–H and O–H groups in total. The molecule has 0 aliphatic heterocycles. The van der Waals surface area contributed by atoms with Crippen molar-refractivity contribution in [2.45, 2.75) is 19.8 Å². The van der Waals surface area contributed by atoms with Gasteiger partial charge in [0.2, 0.25) is 5.89 Å². The van der Waals surface area contributed by atoms with Crippen LogP contribution < -0.4 is 0 Å². The molecule has 1 heterocycles. The maximum atomic E-state index is 5.90. The summed E-state index contributed by atoms with van der Waals surface area (Å²) in [6.45, 7) is 1.97. The standard InChI is InChI=1S/C11H10Cl2N2O/c1-2-11-14-10(15-16-11)5-7-3-8(12)6-9(13)4-7/h3-4,6H,2,5H2,1H3. The Bertz CT molecular complexity index is 476. The lowest BCUT2D eigenvalue weighted by molar-refractivity contribution is 0.377. The van der Waals surface area contributed by atoms with Crippen LogP contribution in [0.4, 0.5) is 0 Å². The van der Waals surface area contributed by atoms with Crippen molar-refractivity contribution >= 4 is 23.2 Å². The molecule has 0 saturated carbocycles. The maximum absolute atomic E-state index is 5.90. The third-order valence-electron chi connectivity index (χ3n) is 2.10. The van der Waals surface area contributed by atoms with E-state index in [1.807, 2.05) is 19.1 Å². The van der Waals surface area contributed by atoms with Crippen molar-refractivity contribution in [3.05, 3.63) is 45.5 Å². The summed E-state index contributed by atoms with van der Waals surface area (Å²) in [6, 6.07) is 5.38. The van der Waals surface area contributed by atoms with Crippen LogP contribution in [0.1, 0.15) is 24.2 Å². The predicted octanol–water partition coefficient (Wildman–Crippen LogP) is 3.53. The average molecular weight is 257 g/mol. The second-order valence-corrected chi connectivity index (χ2v) is 4.29. The highest BCUT2D eigenvalue weighted by molar-refractivity contribution is 6.34. The molecule has 2 rings (SSSR count). The van der Waals surface area contributed by atoms with Crippen molar-refractivity contribution in [1.29, 1.82) is 0 Å². The number of aryl methyl sites for hydroxylation is 1. The number of nitrogens with zero attached hydrogens (tertiary/aromatic N) is 2. The van der Waals surface area contributed by atoms with Gasteiger partial charge >= 0.3 is 0 Å². The Labute approximate surface area is 103 Å². The van der Waals surface area contributed by atoms with E-state index in [1.54, 1.807) is 6.07 Å². The minimum atomic E-state index is 0.573. The van der Waals surface area contributed by atoms with Crippen LogP contribution in [0.25, 0.3) is 0 Å². The third kappa shape index (κ3) is 2.74. The van der Waals surface area contributed by atoms with Crippen molar-refractivity contribution in [1.82, 2.24) is 10.1 Å². The van der Waals surface area contributed by atoms with Gasteiger partial charge < -0.3 is 4.52 Å². The summed E-state index contributed by atoms with van der Waals surface area (Å²) in [6.07, 6.45) is 1.31. The van der Waals surface area contributed by atoms with Crippen LogP contribution in [0, 0.1) is 0 Å². The smallest absolute Gasteiger partial charge is 0.226 e. The quantitative estimate of drug-likeness (QED) is 0.844. The summed E-state index contributed by atoms with van der Waals surface area (Å²) in [5.41, 5.74) is 0.973. The lowest BCUT2D eigenvalue weighted by Gasteiger charge is -1.99. The second kappa shape index (κ2) is 4.85. The summed E-state index contributed by atoms with van der Waals surface area (Å²) in [7, 11) is 0. The van der Waals surface area contributed by atoms with Crippen LogP contribution in [0.15, 0.2) is 22.7 Å². The number of halogens is 2. The van der Waals surface area contributed by atoms with Crippen molar-refractivity contribution in [3.63, 3.8) is 0 Å². The van der Waals surface area contributed by atoms with Crippen molar-refractivity contribution < 1.29 is 4.52 Å². The molecule has 0 fully saturated rings. The molecule has 0 spiro atoms. The highest BCUT2D eigenvalue weighted by Gasteiger charge is 2.06. The molecule has 0 bridgehead atoms. The van der Waals surface area contributed by atoms with Gasteiger partial charge in [-0.15, -0.1) is 0 Å². The molecule has 0 atom stereocenters. The summed E-state index contributed by atoms with van der Waals surface area (Å²) in [5, 5.41) is 5.09. The monoisotopic (exact) mass is 256 g/mol. The van der Waals surface area contributed by atoms with Crippen LogP contribution in [0.3, 0.4) is 0 Å². The Morgan fingerprint density at radius 1 is 1.19 bits per heavy atom. The lowest BCUT2D eigenvalue weighted by Crippen LogP contribution is -1.91. The molecule has 0 saturated heterocycles. The van der Waals surface area contributed by atoms with Crippen LogP contribution in [0.5, 0.6) is 0 Å². The fourth-order valence-corrected chi connectivity index (χ4v) is 1.97. The van der Waals surface area contributed by atoms with E-state index in [-0.39, 0.29) is 0 Å². The van der Waals surface area contributed by atoms with E-state index in [1.165, 1.54) is 0 Å². The van der Waals surface area contributed by atoms with Gasteiger partial charge in [-0.05, 0) is 23.8 Å². The minimum absolute atomic E-state index is 0.573. The molecule has 0 radical (unpaired) electrons. The molecule has 3 nitrogen and oxygen atoms in total. The number of rotatable bonds is 3. The number of aromatic nitrogens is 2. The molecule has 1 aromatic carbocycles. The zero-order valence-electron chi connectivity index (χ0n) is 8.70. The molecule has 1 aromatic heterocycles. The molecule has 0 aliphatic carbocycles. The summed E-state index contributed by atoms with van der Waals surface area (Å²) >= 11 is 11.8. The van der Waals surface area contributed by atoms with Crippen LogP contribution in [-0.4, -0.2) is 10.1 Å². The lowest BCUT2D eigenvalue weighted by atomic mass is 10.1. The first-order valence-electron chi connectivity index (χ1n) is 4.94. The van der Waals surface area contributed by atoms with E-state index in [2.05, 4.69) is 10.1 Å². The van der Waals surface area contributed by atoms with Crippen LogP contribution in [-0.2, 0) is 12.8 Å². The Morgan fingerprint density at radius 3 is 2.44 bits per heavy atom. The molecule has 0 aliphatic rings. The third-order valence-corrected chi connectivity index (χ3v) is 2.53. The number of hydrogen-bond acceptors (Lipinski definition) is 3. The van der Waals surface area contributed by atoms with Gasteiger partial charge in [-0.25, -0.2) is 0 Å². The van der Waals surface area contributed by atoms with Gasteiger partial charge in [0, 0.05) is 22.9 Å². The van der Waals surface area contributed by atoms with Gasteiger partial charge in [0.25, 0.3) is 0 Å². The molecule has 2 aromatic rings. The molecule has 16 heavy (non-hydrogen) atoms. The molecule has 0 unspecified atom stereocenters. The van der Waals surface area contributed by atoms with Crippen molar-refractivity contribution in [2.75, 3.05) is 0 Å².